The summed E-state index contributed by atoms with van der Waals surface area (Å²) < 4.78 is 22.2. The Balaban J connectivity index is 1.60. The Morgan fingerprint density at radius 3 is 2.52 bits per heavy atom. The van der Waals surface area contributed by atoms with Crippen LogP contribution >= 0.6 is 0 Å². The maximum atomic E-state index is 12.9. The number of rotatable bonds is 5. The van der Waals surface area contributed by atoms with Crippen LogP contribution in [0.2, 0.25) is 0 Å². The monoisotopic (exact) mass is 462 g/mol. The first-order chi connectivity index (χ1) is 15.7. The third-order valence-corrected chi connectivity index (χ3v) is 5.87. The number of carbonyl (C=O) groups excluding carboxylic acids is 1. The number of aliphatic hydroxyl groups excluding tert-OH is 4. The van der Waals surface area contributed by atoms with Gasteiger partial charge in [-0.05, 0) is 36.2 Å². The molecule has 33 heavy (non-hydrogen) atoms. The van der Waals surface area contributed by atoms with Crippen molar-refractivity contribution >= 4 is 5.78 Å². The summed E-state index contributed by atoms with van der Waals surface area (Å²) in [4.78, 5) is 12.9. The maximum absolute atomic E-state index is 12.9. The number of benzene rings is 2. The molecule has 0 saturated carbocycles. The molecule has 0 spiro atoms. The Labute approximate surface area is 189 Å². The smallest absolute Gasteiger partial charge is 0.229 e. The first-order valence-electron chi connectivity index (χ1n) is 10.4. The molecular formula is C23H26O10. The van der Waals surface area contributed by atoms with Crippen LogP contribution in [0.25, 0.3) is 0 Å². The van der Waals surface area contributed by atoms with Gasteiger partial charge in [0.05, 0.1) is 25.7 Å². The van der Waals surface area contributed by atoms with Crippen molar-refractivity contribution in [2.24, 2.45) is 0 Å². The van der Waals surface area contributed by atoms with Crippen LogP contribution in [0.3, 0.4) is 0 Å². The van der Waals surface area contributed by atoms with Crippen LogP contribution in [-0.2, 0) is 4.74 Å². The molecule has 1 fully saturated rings. The number of aromatic hydroxyl groups is 1. The van der Waals surface area contributed by atoms with E-state index in [4.69, 9.17) is 18.9 Å². The number of phenols is 1. The zero-order chi connectivity index (χ0) is 23.9. The molecule has 6 unspecified atom stereocenters. The first kappa shape index (κ1) is 23.3. The summed E-state index contributed by atoms with van der Waals surface area (Å²) >= 11 is 0. The molecule has 0 aliphatic carbocycles. The van der Waals surface area contributed by atoms with E-state index in [0.29, 0.717) is 22.4 Å². The predicted molar refractivity (Wildman–Crippen MR) is 113 cm³/mol. The van der Waals surface area contributed by atoms with Crippen LogP contribution < -0.4 is 14.2 Å². The van der Waals surface area contributed by atoms with E-state index in [1.165, 1.54) is 19.2 Å². The van der Waals surface area contributed by atoms with Gasteiger partial charge >= 0.3 is 0 Å². The molecule has 0 radical (unpaired) electrons. The molecule has 2 heterocycles. The molecule has 0 amide bonds. The summed E-state index contributed by atoms with van der Waals surface area (Å²) in [6.07, 6.45) is -7.71. The van der Waals surface area contributed by atoms with Crippen molar-refractivity contribution in [3.8, 4) is 23.0 Å². The lowest BCUT2D eigenvalue weighted by atomic mass is 9.93. The molecule has 0 aromatic heterocycles. The fraction of sp³-hybridized carbons (Fsp3) is 0.435. The highest BCUT2D eigenvalue weighted by Crippen LogP contribution is 2.41. The van der Waals surface area contributed by atoms with Gasteiger partial charge in [-0.15, -0.1) is 0 Å². The number of aliphatic hydroxyl groups is 4. The molecule has 5 N–H and O–H groups in total. The Kier molecular flexibility index (Phi) is 6.46. The lowest BCUT2D eigenvalue weighted by molar-refractivity contribution is -0.277. The second-order valence-electron chi connectivity index (χ2n) is 8.09. The van der Waals surface area contributed by atoms with Crippen LogP contribution in [-0.4, -0.2) is 75.7 Å². The maximum Gasteiger partial charge on any atom is 0.229 e. The van der Waals surface area contributed by atoms with Gasteiger partial charge in [-0.2, -0.15) is 0 Å². The van der Waals surface area contributed by atoms with Gasteiger partial charge in [0.25, 0.3) is 0 Å². The Bertz CT molecular complexity index is 1040. The lowest BCUT2D eigenvalue weighted by Crippen LogP contribution is -2.60. The van der Waals surface area contributed by atoms with Crippen molar-refractivity contribution in [1.29, 1.82) is 0 Å². The molecule has 1 saturated heterocycles. The van der Waals surface area contributed by atoms with Gasteiger partial charge in [0.1, 0.15) is 42.0 Å². The predicted octanol–water partition coefficient (Wildman–Crippen LogP) is 0.594. The molecule has 6 atom stereocenters. The Morgan fingerprint density at radius 1 is 1.09 bits per heavy atom. The number of fused-ring (bicyclic) bond motifs is 1. The van der Waals surface area contributed by atoms with Crippen LogP contribution in [0.4, 0.5) is 0 Å². The van der Waals surface area contributed by atoms with Crippen molar-refractivity contribution in [3.05, 3.63) is 47.0 Å². The third kappa shape index (κ3) is 4.35. The highest BCUT2D eigenvalue weighted by atomic mass is 16.7. The number of ketones is 1. The van der Waals surface area contributed by atoms with Gasteiger partial charge < -0.3 is 44.5 Å². The van der Waals surface area contributed by atoms with E-state index in [0.717, 1.165) is 0 Å². The van der Waals surface area contributed by atoms with E-state index in [1.807, 2.05) is 0 Å². The molecule has 10 nitrogen and oxygen atoms in total. The van der Waals surface area contributed by atoms with Gasteiger partial charge in [0.2, 0.25) is 6.29 Å². The minimum Gasteiger partial charge on any atom is -0.504 e. The Hall–Kier alpha value is -2.89. The second kappa shape index (κ2) is 9.16. The Morgan fingerprint density at radius 2 is 1.85 bits per heavy atom. The number of Topliss-reactive ketones (excluding diaryl/α,β-unsaturated/α-hetero) is 1. The van der Waals surface area contributed by atoms with Gasteiger partial charge in [0.15, 0.2) is 17.3 Å². The van der Waals surface area contributed by atoms with E-state index in [1.54, 1.807) is 25.1 Å². The summed E-state index contributed by atoms with van der Waals surface area (Å²) in [6.45, 7) is 1.13. The van der Waals surface area contributed by atoms with Gasteiger partial charge in [-0.1, -0.05) is 6.07 Å². The second-order valence-corrected chi connectivity index (χ2v) is 8.09. The van der Waals surface area contributed by atoms with Gasteiger partial charge in [-0.3, -0.25) is 4.79 Å². The van der Waals surface area contributed by atoms with Crippen molar-refractivity contribution < 1.29 is 49.3 Å². The number of phenolic OH excluding ortho intramolecular Hbond substituents is 1. The minimum atomic E-state index is -1.58. The number of aryl methyl sites for hydroxylation is 1. The fourth-order valence-corrected chi connectivity index (χ4v) is 4.10. The quantitative estimate of drug-likeness (QED) is 0.426. The molecular weight excluding hydrogens is 436 g/mol. The van der Waals surface area contributed by atoms with Crippen molar-refractivity contribution in [3.63, 3.8) is 0 Å². The van der Waals surface area contributed by atoms with Crippen molar-refractivity contribution in [2.75, 3.05) is 13.7 Å². The normalized spacial score (nSPS) is 29.2. The minimum absolute atomic E-state index is 0.0759. The zero-order valence-electron chi connectivity index (χ0n) is 18.0. The summed E-state index contributed by atoms with van der Waals surface area (Å²) in [7, 11) is 1.44. The summed E-state index contributed by atoms with van der Waals surface area (Å²) in [5.41, 5.74) is 1.56. The standard InChI is InChI=1S/C23H26O10/c1-10-5-12(31-23-22(29)21(28)20(27)18(9-24)33-23)7-17-19(10)14(26)8-16(32-17)11-3-4-15(30-2)13(25)6-11/h3-7,16,18,20-25,27-29H,8-9H2,1-2H3. The highest BCUT2D eigenvalue weighted by molar-refractivity contribution is 6.01. The summed E-state index contributed by atoms with van der Waals surface area (Å²) in [5.74, 6) is 0.529. The number of hydrogen-bond donors (Lipinski definition) is 5. The fourth-order valence-electron chi connectivity index (χ4n) is 4.10. The average Bonchev–Trinajstić information content (AvgIpc) is 2.78. The van der Waals surface area contributed by atoms with E-state index < -0.39 is 43.4 Å². The van der Waals surface area contributed by atoms with E-state index in [9.17, 15) is 30.3 Å². The van der Waals surface area contributed by atoms with E-state index >= 15 is 0 Å². The molecule has 4 rings (SSSR count). The summed E-state index contributed by atoms with van der Waals surface area (Å²) in [6, 6.07) is 7.79. The molecule has 10 heteroatoms. The topological polar surface area (TPSA) is 155 Å². The lowest BCUT2D eigenvalue weighted by Gasteiger charge is -2.39. The van der Waals surface area contributed by atoms with Crippen LogP contribution in [0.5, 0.6) is 23.0 Å². The molecule has 2 aliphatic rings. The molecule has 2 aromatic rings. The number of hydrogen-bond acceptors (Lipinski definition) is 10. The number of ether oxygens (including phenoxy) is 4. The average molecular weight is 462 g/mol. The largest absolute Gasteiger partial charge is 0.504 e. The van der Waals surface area contributed by atoms with Crippen LogP contribution in [0, 0.1) is 6.92 Å². The molecule has 2 aromatic carbocycles. The zero-order valence-corrected chi connectivity index (χ0v) is 18.0. The van der Waals surface area contributed by atoms with Crippen LogP contribution in [0.15, 0.2) is 30.3 Å². The third-order valence-electron chi connectivity index (χ3n) is 5.87. The highest BCUT2D eigenvalue weighted by Gasteiger charge is 2.45. The number of carbonyl (C=O) groups is 1. The van der Waals surface area contributed by atoms with E-state index in [2.05, 4.69) is 0 Å². The van der Waals surface area contributed by atoms with Gasteiger partial charge in [0, 0.05) is 6.07 Å². The van der Waals surface area contributed by atoms with Crippen molar-refractivity contribution in [1.82, 2.24) is 0 Å². The van der Waals surface area contributed by atoms with E-state index in [-0.39, 0.29) is 29.5 Å². The first-order valence-corrected chi connectivity index (χ1v) is 10.4. The van der Waals surface area contributed by atoms with Gasteiger partial charge in [-0.25, -0.2) is 0 Å². The molecule has 0 bridgehead atoms. The summed E-state index contributed by atoms with van der Waals surface area (Å²) in [5, 5.41) is 49.6. The van der Waals surface area contributed by atoms with Crippen molar-refractivity contribution in [2.45, 2.75) is 50.2 Å². The molecule has 2 aliphatic heterocycles. The number of methoxy groups -OCH3 is 1. The van der Waals surface area contributed by atoms with Crippen LogP contribution in [0.1, 0.15) is 34.0 Å². The molecule has 178 valence electrons. The SMILES string of the molecule is COc1ccc(C2CC(=O)c3c(C)cc(OC4OC(CO)C(O)C(O)C4O)cc3O2)cc1O.